The van der Waals surface area contributed by atoms with Gasteiger partial charge in [0.1, 0.15) is 5.82 Å². The molecule has 0 saturated heterocycles. The predicted octanol–water partition coefficient (Wildman–Crippen LogP) is 3.66. The normalized spacial score (nSPS) is 19.0. The van der Waals surface area contributed by atoms with Crippen molar-refractivity contribution in [3.05, 3.63) is 17.5 Å². The van der Waals surface area contributed by atoms with Gasteiger partial charge in [-0.3, -0.25) is 4.79 Å². The van der Waals surface area contributed by atoms with Crippen LogP contribution in [0.4, 0.5) is 0 Å². The number of rotatable bonds is 8. The first-order valence-electron chi connectivity index (χ1n) is 9.24. The number of aromatic nitrogens is 3. The van der Waals surface area contributed by atoms with Crippen molar-refractivity contribution in [1.29, 1.82) is 0 Å². The predicted molar refractivity (Wildman–Crippen MR) is 97.2 cm³/mol. The van der Waals surface area contributed by atoms with Crippen molar-refractivity contribution in [2.24, 2.45) is 0 Å². The molecule has 1 amide bonds. The van der Waals surface area contributed by atoms with Crippen LogP contribution in [0.1, 0.15) is 70.5 Å². The number of nitrogens with zero attached hydrogens (tertiary/aromatic N) is 3. The fourth-order valence-corrected chi connectivity index (χ4v) is 4.11. The molecule has 1 aromatic rings. The number of hydrogen-bond donors (Lipinski definition) is 1. The summed E-state index contributed by atoms with van der Waals surface area (Å²) in [7, 11) is 0. The van der Waals surface area contributed by atoms with Gasteiger partial charge in [-0.05, 0) is 58.8 Å². The van der Waals surface area contributed by atoms with Gasteiger partial charge >= 0.3 is 0 Å². The van der Waals surface area contributed by atoms with Crippen LogP contribution < -0.4 is 5.32 Å². The summed E-state index contributed by atoms with van der Waals surface area (Å²) in [5, 5.41) is 12.4. The molecule has 2 aliphatic carbocycles. The van der Waals surface area contributed by atoms with Crippen LogP contribution in [0.3, 0.4) is 0 Å². The Balaban J connectivity index is 1.48. The maximum absolute atomic E-state index is 12.3. The Kier molecular flexibility index (Phi) is 5.98. The van der Waals surface area contributed by atoms with Crippen molar-refractivity contribution >= 4 is 17.7 Å². The minimum Gasteiger partial charge on any atom is -0.355 e. The Bertz CT molecular complexity index is 606. The molecule has 1 atom stereocenters. The van der Waals surface area contributed by atoms with Gasteiger partial charge in [0.15, 0.2) is 5.16 Å². The van der Waals surface area contributed by atoms with Crippen molar-refractivity contribution in [2.45, 2.75) is 81.7 Å². The van der Waals surface area contributed by atoms with Gasteiger partial charge in [-0.2, -0.15) is 0 Å². The van der Waals surface area contributed by atoms with E-state index in [1.54, 1.807) is 0 Å². The van der Waals surface area contributed by atoms with Gasteiger partial charge in [-0.25, -0.2) is 0 Å². The molecule has 1 N–H and O–H groups in total. The van der Waals surface area contributed by atoms with E-state index in [4.69, 9.17) is 0 Å². The summed E-state index contributed by atoms with van der Waals surface area (Å²) in [6, 6.07) is 0. The molecule has 5 nitrogen and oxygen atoms in total. The lowest BCUT2D eigenvalue weighted by Crippen LogP contribution is -2.32. The first kappa shape index (κ1) is 17.5. The largest absolute Gasteiger partial charge is 0.355 e. The fourth-order valence-electron chi connectivity index (χ4n) is 3.16. The van der Waals surface area contributed by atoms with Crippen LogP contribution in [0, 0.1) is 0 Å². The average Bonchev–Trinajstić information content (AvgIpc) is 3.37. The SMILES string of the molecule is CCn1c(S[C@@H](C)C(=O)NCCC2=CCCCC2)nnc1C1CC1. The van der Waals surface area contributed by atoms with Crippen LogP contribution in [-0.4, -0.2) is 32.5 Å². The van der Waals surface area contributed by atoms with E-state index in [0.29, 0.717) is 5.92 Å². The Morgan fingerprint density at radius 3 is 2.92 bits per heavy atom. The molecule has 0 spiro atoms. The molecule has 1 heterocycles. The average molecular weight is 349 g/mol. The van der Waals surface area contributed by atoms with Crippen molar-refractivity contribution in [2.75, 3.05) is 6.54 Å². The Hall–Kier alpha value is -1.30. The number of thioether (sulfide) groups is 1. The van der Waals surface area contributed by atoms with E-state index in [-0.39, 0.29) is 11.2 Å². The van der Waals surface area contributed by atoms with Gasteiger partial charge < -0.3 is 9.88 Å². The van der Waals surface area contributed by atoms with Crippen LogP contribution in [-0.2, 0) is 11.3 Å². The lowest BCUT2D eigenvalue weighted by molar-refractivity contribution is -0.120. The summed E-state index contributed by atoms with van der Waals surface area (Å²) in [6.07, 6.45) is 10.8. The highest BCUT2D eigenvalue weighted by Gasteiger charge is 2.30. The monoisotopic (exact) mass is 348 g/mol. The van der Waals surface area contributed by atoms with E-state index >= 15 is 0 Å². The van der Waals surface area contributed by atoms with Crippen molar-refractivity contribution < 1.29 is 4.79 Å². The van der Waals surface area contributed by atoms with Crippen LogP contribution in [0.2, 0.25) is 0 Å². The van der Waals surface area contributed by atoms with Crippen LogP contribution >= 0.6 is 11.8 Å². The molecule has 3 rings (SSSR count). The van der Waals surface area contributed by atoms with E-state index < -0.39 is 0 Å². The molecular formula is C18H28N4OS. The van der Waals surface area contributed by atoms with Gasteiger partial charge in [0.25, 0.3) is 0 Å². The molecule has 0 aliphatic heterocycles. The molecule has 132 valence electrons. The third-order valence-corrected chi connectivity index (χ3v) is 5.87. The second kappa shape index (κ2) is 8.19. The number of amides is 1. The molecule has 0 unspecified atom stereocenters. The quantitative estimate of drug-likeness (QED) is 0.575. The van der Waals surface area contributed by atoms with Crippen LogP contribution in [0.5, 0.6) is 0 Å². The van der Waals surface area contributed by atoms with E-state index in [1.807, 2.05) is 6.92 Å². The van der Waals surface area contributed by atoms with Crippen molar-refractivity contribution in [3.8, 4) is 0 Å². The lowest BCUT2D eigenvalue weighted by atomic mass is 9.97. The second-order valence-electron chi connectivity index (χ2n) is 6.77. The summed E-state index contributed by atoms with van der Waals surface area (Å²) in [5.74, 6) is 1.77. The molecule has 0 bridgehead atoms. The smallest absolute Gasteiger partial charge is 0.233 e. The Morgan fingerprint density at radius 2 is 2.25 bits per heavy atom. The zero-order chi connectivity index (χ0) is 16.9. The van der Waals surface area contributed by atoms with Crippen molar-refractivity contribution in [1.82, 2.24) is 20.1 Å². The summed E-state index contributed by atoms with van der Waals surface area (Å²) >= 11 is 1.52. The number of carbonyl (C=O) groups is 1. The standard InChI is InChI=1S/C18H28N4OS/c1-3-22-16(15-9-10-15)20-21-18(22)24-13(2)17(23)19-12-11-14-7-5-4-6-8-14/h7,13,15H,3-6,8-12H2,1-2H3,(H,19,23)/t13-/m0/s1. The molecule has 0 aromatic carbocycles. The first-order valence-corrected chi connectivity index (χ1v) is 10.1. The van der Waals surface area contributed by atoms with Crippen LogP contribution in [0.15, 0.2) is 16.8 Å². The maximum atomic E-state index is 12.3. The first-order chi connectivity index (χ1) is 11.7. The van der Waals surface area contributed by atoms with Crippen LogP contribution in [0.25, 0.3) is 0 Å². The highest BCUT2D eigenvalue weighted by atomic mass is 32.2. The summed E-state index contributed by atoms with van der Waals surface area (Å²) in [6.45, 7) is 5.67. The number of carbonyl (C=O) groups excluding carboxylic acids is 1. The zero-order valence-electron chi connectivity index (χ0n) is 14.8. The van der Waals surface area contributed by atoms with Gasteiger partial charge in [0, 0.05) is 19.0 Å². The van der Waals surface area contributed by atoms with E-state index in [2.05, 4.69) is 33.1 Å². The van der Waals surface area contributed by atoms with E-state index in [0.717, 1.165) is 30.5 Å². The molecule has 1 saturated carbocycles. The minimum atomic E-state index is -0.146. The highest BCUT2D eigenvalue weighted by molar-refractivity contribution is 8.00. The maximum Gasteiger partial charge on any atom is 0.233 e. The topological polar surface area (TPSA) is 59.8 Å². The highest BCUT2D eigenvalue weighted by Crippen LogP contribution is 2.40. The fraction of sp³-hybridized carbons (Fsp3) is 0.722. The minimum absolute atomic E-state index is 0.0926. The molecule has 1 aromatic heterocycles. The number of nitrogens with one attached hydrogen (secondary N) is 1. The van der Waals surface area contributed by atoms with E-state index in [1.165, 1.54) is 55.9 Å². The van der Waals surface area contributed by atoms with E-state index in [9.17, 15) is 4.79 Å². The molecule has 1 fully saturated rings. The Morgan fingerprint density at radius 1 is 1.42 bits per heavy atom. The lowest BCUT2D eigenvalue weighted by Gasteiger charge is -2.15. The molecular weight excluding hydrogens is 320 g/mol. The number of allylic oxidation sites excluding steroid dienone is 1. The molecule has 24 heavy (non-hydrogen) atoms. The summed E-state index contributed by atoms with van der Waals surface area (Å²) in [5.41, 5.74) is 1.50. The third kappa shape index (κ3) is 4.41. The third-order valence-electron chi connectivity index (χ3n) is 4.79. The molecule has 6 heteroatoms. The van der Waals surface area contributed by atoms with Gasteiger partial charge in [0.2, 0.25) is 5.91 Å². The zero-order valence-corrected chi connectivity index (χ0v) is 15.6. The Labute approximate surface area is 148 Å². The molecule has 0 radical (unpaired) electrons. The van der Waals surface area contributed by atoms with Gasteiger partial charge in [-0.15, -0.1) is 10.2 Å². The molecule has 2 aliphatic rings. The second-order valence-corrected chi connectivity index (χ2v) is 8.08. The summed E-state index contributed by atoms with van der Waals surface area (Å²) in [4.78, 5) is 12.3. The summed E-state index contributed by atoms with van der Waals surface area (Å²) < 4.78 is 2.17. The number of hydrogen-bond acceptors (Lipinski definition) is 4. The van der Waals surface area contributed by atoms with Crippen molar-refractivity contribution in [3.63, 3.8) is 0 Å². The van der Waals surface area contributed by atoms with Gasteiger partial charge in [0.05, 0.1) is 5.25 Å². The van der Waals surface area contributed by atoms with Gasteiger partial charge in [-0.1, -0.05) is 23.4 Å².